The molecule has 0 unspecified atom stereocenters. The van der Waals surface area contributed by atoms with Gasteiger partial charge in [-0.2, -0.15) is 0 Å². The first-order valence-corrected chi connectivity index (χ1v) is 5.05. The third kappa shape index (κ3) is 1.68. The van der Waals surface area contributed by atoms with Gasteiger partial charge >= 0.3 is 0 Å². The average molecular weight is 258 g/mol. The number of hydrogen-bond donors (Lipinski definition) is 1. The van der Waals surface area contributed by atoms with Crippen molar-refractivity contribution in [1.82, 2.24) is 15.2 Å². The molecule has 2 aromatic rings. The summed E-state index contributed by atoms with van der Waals surface area (Å²) >= 11 is 4.52. The molecule has 0 bridgehead atoms. The first-order chi connectivity index (χ1) is 6.27. The average Bonchev–Trinajstić information content (AvgIpc) is 2.53. The standard InChI is InChI=1S/C7H4BrN3OS/c8-7-11-10-6(13-7)4-2-1-3-9-5(4)12/h1-3H,(H,9,12). The van der Waals surface area contributed by atoms with Crippen LogP contribution < -0.4 is 5.56 Å². The number of hydrogen-bond acceptors (Lipinski definition) is 4. The number of aromatic nitrogens is 3. The molecule has 1 N–H and O–H groups in total. The molecule has 0 radical (unpaired) electrons. The smallest absolute Gasteiger partial charge is 0.258 e. The van der Waals surface area contributed by atoms with Gasteiger partial charge in [-0.1, -0.05) is 11.3 Å². The summed E-state index contributed by atoms with van der Waals surface area (Å²) in [6.45, 7) is 0. The molecule has 0 saturated carbocycles. The van der Waals surface area contributed by atoms with E-state index < -0.39 is 0 Å². The number of nitrogens with one attached hydrogen (secondary N) is 1. The van der Waals surface area contributed by atoms with E-state index in [9.17, 15) is 4.79 Å². The van der Waals surface area contributed by atoms with Crippen LogP contribution in [0.5, 0.6) is 0 Å². The lowest BCUT2D eigenvalue weighted by molar-refractivity contribution is 1.07. The van der Waals surface area contributed by atoms with E-state index in [1.165, 1.54) is 11.3 Å². The van der Waals surface area contributed by atoms with Crippen LogP contribution in [0.2, 0.25) is 0 Å². The molecule has 0 aliphatic carbocycles. The fourth-order valence-electron chi connectivity index (χ4n) is 0.904. The summed E-state index contributed by atoms with van der Waals surface area (Å²) < 4.78 is 0.672. The second-order valence-electron chi connectivity index (χ2n) is 2.27. The molecule has 0 atom stereocenters. The van der Waals surface area contributed by atoms with Gasteiger partial charge in [0.15, 0.2) is 8.92 Å². The van der Waals surface area contributed by atoms with Crippen molar-refractivity contribution in [2.75, 3.05) is 0 Å². The van der Waals surface area contributed by atoms with Gasteiger partial charge in [0, 0.05) is 6.20 Å². The minimum Gasteiger partial charge on any atom is -0.329 e. The summed E-state index contributed by atoms with van der Waals surface area (Å²) in [6, 6.07) is 3.47. The van der Waals surface area contributed by atoms with Crippen LogP contribution in [0.3, 0.4) is 0 Å². The minimum absolute atomic E-state index is 0.147. The highest BCUT2D eigenvalue weighted by Crippen LogP contribution is 2.23. The number of aromatic amines is 1. The topological polar surface area (TPSA) is 58.6 Å². The van der Waals surface area contributed by atoms with Crippen molar-refractivity contribution in [3.05, 3.63) is 32.6 Å². The predicted molar refractivity (Wildman–Crippen MR) is 53.7 cm³/mol. The Bertz CT molecular complexity index is 478. The van der Waals surface area contributed by atoms with E-state index in [4.69, 9.17) is 0 Å². The second kappa shape index (κ2) is 3.39. The van der Waals surface area contributed by atoms with Crippen LogP contribution in [0, 0.1) is 0 Å². The molecule has 4 nitrogen and oxygen atoms in total. The Hall–Kier alpha value is -1.01. The summed E-state index contributed by atoms with van der Waals surface area (Å²) in [6.07, 6.45) is 1.59. The molecular formula is C7H4BrN3OS. The zero-order valence-corrected chi connectivity index (χ0v) is 8.72. The molecule has 0 saturated heterocycles. The lowest BCUT2D eigenvalue weighted by Crippen LogP contribution is -2.06. The van der Waals surface area contributed by atoms with Crippen molar-refractivity contribution >= 4 is 27.3 Å². The van der Waals surface area contributed by atoms with Gasteiger partial charge in [-0.25, -0.2) is 0 Å². The van der Waals surface area contributed by atoms with Crippen LogP contribution >= 0.6 is 27.3 Å². The Morgan fingerprint density at radius 1 is 1.46 bits per heavy atom. The number of H-pyrrole nitrogens is 1. The van der Waals surface area contributed by atoms with E-state index in [0.29, 0.717) is 14.5 Å². The van der Waals surface area contributed by atoms with E-state index in [1.54, 1.807) is 18.3 Å². The fraction of sp³-hybridized carbons (Fsp3) is 0. The first kappa shape index (κ1) is 8.58. The summed E-state index contributed by atoms with van der Waals surface area (Å²) in [5.41, 5.74) is 0.400. The molecule has 0 aliphatic heterocycles. The highest BCUT2D eigenvalue weighted by atomic mass is 79.9. The quantitative estimate of drug-likeness (QED) is 0.846. The van der Waals surface area contributed by atoms with Crippen LogP contribution in [0.1, 0.15) is 0 Å². The molecule has 0 fully saturated rings. The molecular weight excluding hydrogens is 254 g/mol. The van der Waals surface area contributed by atoms with Gasteiger partial charge in [-0.15, -0.1) is 10.2 Å². The SMILES string of the molecule is O=c1[nH]cccc1-c1nnc(Br)s1. The zero-order valence-electron chi connectivity index (χ0n) is 6.32. The summed E-state index contributed by atoms with van der Waals surface area (Å²) in [5.74, 6) is 0. The van der Waals surface area contributed by atoms with Gasteiger partial charge in [0.2, 0.25) is 0 Å². The Morgan fingerprint density at radius 3 is 2.92 bits per heavy atom. The van der Waals surface area contributed by atoms with Gasteiger partial charge in [0.25, 0.3) is 5.56 Å². The van der Waals surface area contributed by atoms with E-state index in [1.807, 2.05) is 0 Å². The summed E-state index contributed by atoms with van der Waals surface area (Å²) in [5, 5.41) is 8.23. The third-order valence-corrected chi connectivity index (χ3v) is 2.84. The third-order valence-electron chi connectivity index (χ3n) is 1.45. The van der Waals surface area contributed by atoms with E-state index in [-0.39, 0.29) is 5.56 Å². The van der Waals surface area contributed by atoms with Crippen molar-refractivity contribution in [3.8, 4) is 10.6 Å². The first-order valence-electron chi connectivity index (χ1n) is 3.44. The van der Waals surface area contributed by atoms with Gasteiger partial charge in [0.1, 0.15) is 0 Å². The molecule has 6 heteroatoms. The Labute approximate surface area is 85.8 Å². The molecule has 2 heterocycles. The number of halogens is 1. The van der Waals surface area contributed by atoms with Crippen LogP contribution in [-0.4, -0.2) is 15.2 Å². The Kier molecular flexibility index (Phi) is 2.24. The fourth-order valence-corrected chi connectivity index (χ4v) is 2.04. The zero-order chi connectivity index (χ0) is 9.26. The number of rotatable bonds is 1. The van der Waals surface area contributed by atoms with Gasteiger partial charge in [-0.3, -0.25) is 4.79 Å². The molecule has 0 amide bonds. The maximum atomic E-state index is 11.3. The van der Waals surface area contributed by atoms with Crippen LogP contribution in [-0.2, 0) is 0 Å². The predicted octanol–water partition coefficient (Wildman–Crippen LogP) is 1.66. The summed E-state index contributed by atoms with van der Waals surface area (Å²) in [7, 11) is 0. The van der Waals surface area contributed by atoms with Crippen LogP contribution in [0.4, 0.5) is 0 Å². The largest absolute Gasteiger partial charge is 0.329 e. The lowest BCUT2D eigenvalue weighted by atomic mass is 10.3. The monoisotopic (exact) mass is 257 g/mol. The second-order valence-corrected chi connectivity index (χ2v) is 4.53. The Balaban J connectivity index is 2.59. The molecule has 13 heavy (non-hydrogen) atoms. The van der Waals surface area contributed by atoms with Crippen LogP contribution in [0.25, 0.3) is 10.6 Å². The van der Waals surface area contributed by atoms with E-state index >= 15 is 0 Å². The highest BCUT2D eigenvalue weighted by molar-refractivity contribution is 9.11. The minimum atomic E-state index is -0.147. The molecule has 2 rings (SSSR count). The van der Waals surface area contributed by atoms with E-state index in [2.05, 4.69) is 31.1 Å². The summed E-state index contributed by atoms with van der Waals surface area (Å²) in [4.78, 5) is 13.9. The number of nitrogens with zero attached hydrogens (tertiary/aromatic N) is 2. The van der Waals surface area contributed by atoms with Crippen molar-refractivity contribution in [2.45, 2.75) is 0 Å². The van der Waals surface area contributed by atoms with Crippen molar-refractivity contribution < 1.29 is 0 Å². The van der Waals surface area contributed by atoms with Crippen molar-refractivity contribution in [3.63, 3.8) is 0 Å². The molecule has 0 aromatic carbocycles. The highest BCUT2D eigenvalue weighted by Gasteiger charge is 2.07. The molecule has 0 aliphatic rings. The van der Waals surface area contributed by atoms with Crippen molar-refractivity contribution in [2.24, 2.45) is 0 Å². The van der Waals surface area contributed by atoms with E-state index in [0.717, 1.165) is 0 Å². The van der Waals surface area contributed by atoms with Gasteiger partial charge in [0.05, 0.1) is 5.56 Å². The van der Waals surface area contributed by atoms with Crippen LogP contribution in [0.15, 0.2) is 27.0 Å². The maximum Gasteiger partial charge on any atom is 0.258 e. The van der Waals surface area contributed by atoms with Crippen molar-refractivity contribution in [1.29, 1.82) is 0 Å². The Morgan fingerprint density at radius 2 is 2.31 bits per heavy atom. The molecule has 0 spiro atoms. The van der Waals surface area contributed by atoms with Gasteiger partial charge < -0.3 is 4.98 Å². The maximum absolute atomic E-state index is 11.3. The molecule has 66 valence electrons. The molecule has 2 aromatic heterocycles. The number of pyridine rings is 1. The normalized spacial score (nSPS) is 10.2. The van der Waals surface area contributed by atoms with Gasteiger partial charge in [-0.05, 0) is 28.1 Å². The lowest BCUT2D eigenvalue weighted by Gasteiger charge is -1.90.